The van der Waals surface area contributed by atoms with Gasteiger partial charge in [-0.3, -0.25) is 4.79 Å². The van der Waals surface area contributed by atoms with Gasteiger partial charge in [0.1, 0.15) is 0 Å². The van der Waals surface area contributed by atoms with Gasteiger partial charge >= 0.3 is 0 Å². The molecule has 88 valence electrons. The van der Waals surface area contributed by atoms with E-state index in [9.17, 15) is 13.2 Å². The van der Waals surface area contributed by atoms with E-state index >= 15 is 0 Å². The van der Waals surface area contributed by atoms with Crippen molar-refractivity contribution in [2.24, 2.45) is 0 Å². The highest BCUT2D eigenvalue weighted by Gasteiger charge is 2.31. The smallest absolute Gasteiger partial charge is 0.244 e. The Hall–Kier alpha value is -0.330. The summed E-state index contributed by atoms with van der Waals surface area (Å²) in [5, 5.41) is -1.15. The van der Waals surface area contributed by atoms with Gasteiger partial charge in [-0.15, -0.1) is 0 Å². The molecule has 0 spiro atoms. The molecule has 0 aromatic rings. The minimum atomic E-state index is -3.80. The van der Waals surface area contributed by atoms with Gasteiger partial charge in [0.25, 0.3) is 0 Å². The summed E-state index contributed by atoms with van der Waals surface area (Å²) in [4.78, 5) is 15.3. The largest absolute Gasteiger partial charge is 0.339 e. The Morgan fingerprint density at radius 1 is 1.27 bits per heavy atom. The molecule has 1 fully saturated rings. The van der Waals surface area contributed by atoms with E-state index in [1.54, 1.807) is 4.90 Å². The summed E-state index contributed by atoms with van der Waals surface area (Å²) < 4.78 is 22.0. The van der Waals surface area contributed by atoms with Crippen LogP contribution in [0.5, 0.6) is 0 Å². The maximum absolute atomic E-state index is 11.7. The molecule has 0 radical (unpaired) electrons. The van der Waals surface area contributed by atoms with E-state index in [0.29, 0.717) is 13.1 Å². The summed E-state index contributed by atoms with van der Waals surface area (Å²) in [6.45, 7) is 3.97. The molecular formula is C8H15ClN2O3S. The van der Waals surface area contributed by atoms with Crippen LogP contribution >= 0.6 is 10.7 Å². The van der Waals surface area contributed by atoms with Gasteiger partial charge in [0.15, 0.2) is 5.25 Å². The van der Waals surface area contributed by atoms with Crippen LogP contribution in [0, 0.1) is 0 Å². The molecule has 1 heterocycles. The second-order valence-corrected chi connectivity index (χ2v) is 6.70. The Kier molecular flexibility index (Phi) is 3.97. The molecular weight excluding hydrogens is 240 g/mol. The van der Waals surface area contributed by atoms with E-state index in [1.165, 1.54) is 6.92 Å². The number of piperazine rings is 1. The van der Waals surface area contributed by atoms with Crippen LogP contribution in [0.2, 0.25) is 0 Å². The van der Waals surface area contributed by atoms with Crippen LogP contribution in [0.25, 0.3) is 0 Å². The number of carbonyl (C=O) groups is 1. The van der Waals surface area contributed by atoms with Gasteiger partial charge in [-0.1, -0.05) is 0 Å². The van der Waals surface area contributed by atoms with Crippen molar-refractivity contribution in [3.63, 3.8) is 0 Å². The second kappa shape index (κ2) is 4.67. The van der Waals surface area contributed by atoms with Crippen molar-refractivity contribution >= 4 is 25.6 Å². The molecule has 0 saturated carbocycles. The van der Waals surface area contributed by atoms with Crippen molar-refractivity contribution in [3.05, 3.63) is 0 Å². The summed E-state index contributed by atoms with van der Waals surface area (Å²) >= 11 is 0. The van der Waals surface area contributed by atoms with Crippen LogP contribution < -0.4 is 0 Å². The van der Waals surface area contributed by atoms with E-state index in [0.717, 1.165) is 13.1 Å². The maximum atomic E-state index is 11.7. The lowest BCUT2D eigenvalue weighted by Gasteiger charge is -2.33. The van der Waals surface area contributed by atoms with E-state index in [4.69, 9.17) is 10.7 Å². The third kappa shape index (κ3) is 3.32. The van der Waals surface area contributed by atoms with E-state index in [2.05, 4.69) is 4.90 Å². The van der Waals surface area contributed by atoms with Crippen LogP contribution in [0.4, 0.5) is 0 Å². The Morgan fingerprint density at radius 2 is 1.73 bits per heavy atom. The van der Waals surface area contributed by atoms with E-state index in [-0.39, 0.29) is 0 Å². The van der Waals surface area contributed by atoms with Gasteiger partial charge in [0.05, 0.1) is 0 Å². The monoisotopic (exact) mass is 254 g/mol. The quantitative estimate of drug-likeness (QED) is 0.636. The van der Waals surface area contributed by atoms with Crippen molar-refractivity contribution in [2.45, 2.75) is 12.2 Å². The van der Waals surface area contributed by atoms with Gasteiger partial charge < -0.3 is 9.80 Å². The third-order valence-electron chi connectivity index (χ3n) is 2.59. The molecule has 1 aliphatic heterocycles. The molecule has 15 heavy (non-hydrogen) atoms. The summed E-state index contributed by atoms with van der Waals surface area (Å²) in [7, 11) is 3.31. The van der Waals surface area contributed by atoms with Gasteiger partial charge in [-0.2, -0.15) is 0 Å². The topological polar surface area (TPSA) is 57.7 Å². The van der Waals surface area contributed by atoms with Crippen molar-refractivity contribution < 1.29 is 13.2 Å². The normalized spacial score (nSPS) is 21.4. The highest BCUT2D eigenvalue weighted by molar-refractivity contribution is 8.14. The number of likely N-dealkylation sites (N-methyl/N-ethyl adjacent to an activating group) is 1. The van der Waals surface area contributed by atoms with Gasteiger partial charge in [0, 0.05) is 36.9 Å². The second-order valence-electron chi connectivity index (χ2n) is 3.75. The number of halogens is 1. The molecule has 1 unspecified atom stereocenters. The van der Waals surface area contributed by atoms with Crippen LogP contribution in [-0.2, 0) is 13.8 Å². The minimum Gasteiger partial charge on any atom is -0.339 e. The Labute approximate surface area is 94.4 Å². The molecule has 1 rings (SSSR count). The highest BCUT2D eigenvalue weighted by Crippen LogP contribution is 2.11. The van der Waals surface area contributed by atoms with Crippen LogP contribution in [-0.4, -0.2) is 62.6 Å². The first kappa shape index (κ1) is 12.7. The lowest BCUT2D eigenvalue weighted by Crippen LogP contribution is -2.50. The Balaban J connectivity index is 2.62. The first-order valence-corrected chi connectivity index (χ1v) is 7.10. The Morgan fingerprint density at radius 3 is 2.13 bits per heavy atom. The molecule has 0 bridgehead atoms. The number of nitrogens with zero attached hydrogens (tertiary/aromatic N) is 2. The lowest BCUT2D eigenvalue weighted by atomic mass is 10.3. The standard InChI is InChI=1S/C8H15ClN2O3S/c1-7(15(9,13)14)8(12)11-5-3-10(2)4-6-11/h7H,3-6H2,1-2H3. The number of rotatable bonds is 2. The predicted octanol–water partition coefficient (Wildman–Crippen LogP) is -0.282. The first-order valence-electron chi connectivity index (χ1n) is 4.73. The Bertz CT molecular complexity index is 336. The first-order chi connectivity index (χ1) is 6.82. The highest BCUT2D eigenvalue weighted by atomic mass is 35.7. The van der Waals surface area contributed by atoms with Crippen LogP contribution in [0.15, 0.2) is 0 Å². The van der Waals surface area contributed by atoms with Crippen molar-refractivity contribution in [1.82, 2.24) is 9.80 Å². The minimum absolute atomic E-state index is 0.405. The van der Waals surface area contributed by atoms with Crippen LogP contribution in [0.3, 0.4) is 0 Å². The van der Waals surface area contributed by atoms with E-state index < -0.39 is 20.2 Å². The number of hydrogen-bond donors (Lipinski definition) is 0. The lowest BCUT2D eigenvalue weighted by molar-refractivity contribution is -0.131. The molecule has 1 saturated heterocycles. The van der Waals surface area contributed by atoms with Gasteiger partial charge in [-0.25, -0.2) is 8.42 Å². The maximum Gasteiger partial charge on any atom is 0.244 e. The molecule has 0 aromatic carbocycles. The fourth-order valence-electron chi connectivity index (χ4n) is 1.40. The fraction of sp³-hybridized carbons (Fsp3) is 0.875. The number of hydrogen-bond acceptors (Lipinski definition) is 4. The zero-order valence-electron chi connectivity index (χ0n) is 8.81. The van der Waals surface area contributed by atoms with Crippen molar-refractivity contribution in [2.75, 3.05) is 33.2 Å². The third-order valence-corrected chi connectivity index (χ3v) is 4.43. The molecule has 1 atom stereocenters. The summed E-state index contributed by atoms with van der Waals surface area (Å²) in [6, 6.07) is 0. The molecule has 0 N–H and O–H groups in total. The summed E-state index contributed by atoms with van der Waals surface area (Å²) in [5.41, 5.74) is 0. The molecule has 1 aliphatic rings. The van der Waals surface area contributed by atoms with E-state index in [1.807, 2.05) is 7.05 Å². The van der Waals surface area contributed by atoms with Crippen molar-refractivity contribution in [3.8, 4) is 0 Å². The molecule has 1 amide bonds. The fourth-order valence-corrected chi connectivity index (χ4v) is 2.02. The zero-order valence-corrected chi connectivity index (χ0v) is 10.4. The number of amides is 1. The van der Waals surface area contributed by atoms with Crippen LogP contribution in [0.1, 0.15) is 6.92 Å². The average molecular weight is 255 g/mol. The summed E-state index contributed by atoms with van der Waals surface area (Å²) in [5.74, 6) is -0.405. The average Bonchev–Trinajstić information content (AvgIpc) is 2.15. The molecule has 5 nitrogen and oxygen atoms in total. The predicted molar refractivity (Wildman–Crippen MR) is 58.3 cm³/mol. The van der Waals surface area contributed by atoms with Gasteiger partial charge in [0.2, 0.25) is 15.0 Å². The van der Waals surface area contributed by atoms with Crippen molar-refractivity contribution in [1.29, 1.82) is 0 Å². The zero-order chi connectivity index (χ0) is 11.6. The molecule has 7 heteroatoms. The molecule has 0 aromatic heterocycles. The SMILES string of the molecule is CC(C(=O)N1CCN(C)CC1)S(=O)(=O)Cl. The summed E-state index contributed by atoms with van der Waals surface area (Å²) in [6.07, 6.45) is 0. The molecule has 0 aliphatic carbocycles. The van der Waals surface area contributed by atoms with Gasteiger partial charge in [-0.05, 0) is 14.0 Å². The number of carbonyl (C=O) groups excluding carboxylic acids is 1.